The number of amides is 1. The minimum Gasteiger partial charge on any atom is -0.494 e. The number of aryl methyl sites for hydroxylation is 1. The molecule has 0 aliphatic heterocycles. The molecule has 0 saturated heterocycles. The molecule has 0 radical (unpaired) electrons. The SMILES string of the molecule is CCOc1ccc(-n2c(C)cc(/C=N\NC(=O)c3cccnc3)c2C)cc1. The Labute approximate surface area is 158 Å². The van der Waals surface area contributed by atoms with Gasteiger partial charge in [-0.05, 0) is 63.2 Å². The minimum atomic E-state index is -0.292. The lowest BCUT2D eigenvalue weighted by molar-refractivity contribution is 0.0955. The summed E-state index contributed by atoms with van der Waals surface area (Å²) in [5.41, 5.74) is 7.10. The van der Waals surface area contributed by atoms with Gasteiger partial charge < -0.3 is 9.30 Å². The van der Waals surface area contributed by atoms with E-state index in [0.717, 1.165) is 28.4 Å². The first-order valence-electron chi connectivity index (χ1n) is 8.75. The first-order valence-corrected chi connectivity index (χ1v) is 8.75. The third-order valence-electron chi connectivity index (χ3n) is 4.17. The van der Waals surface area contributed by atoms with Gasteiger partial charge in [-0.3, -0.25) is 9.78 Å². The first-order chi connectivity index (χ1) is 13.1. The number of carbonyl (C=O) groups is 1. The average Bonchev–Trinajstić information content (AvgIpc) is 2.97. The molecule has 1 amide bonds. The Morgan fingerprint density at radius 1 is 1.26 bits per heavy atom. The molecule has 1 N–H and O–H groups in total. The maximum Gasteiger partial charge on any atom is 0.272 e. The molecule has 3 aromatic rings. The molecule has 1 aromatic carbocycles. The molecule has 0 unspecified atom stereocenters. The van der Waals surface area contributed by atoms with Crippen LogP contribution in [-0.2, 0) is 0 Å². The van der Waals surface area contributed by atoms with Crippen LogP contribution in [-0.4, -0.2) is 28.3 Å². The van der Waals surface area contributed by atoms with Gasteiger partial charge in [0, 0.05) is 35.0 Å². The normalized spacial score (nSPS) is 10.9. The molecule has 138 valence electrons. The number of nitrogens with one attached hydrogen (secondary N) is 1. The van der Waals surface area contributed by atoms with E-state index in [1.165, 1.54) is 6.20 Å². The standard InChI is InChI=1S/C21H22N4O2/c1-4-27-20-9-7-19(8-10-20)25-15(2)12-18(16(25)3)14-23-24-21(26)17-6-5-11-22-13-17/h5-14H,4H2,1-3H3,(H,24,26)/b23-14-. The maximum atomic E-state index is 12.0. The highest BCUT2D eigenvalue weighted by atomic mass is 16.5. The Kier molecular flexibility index (Phi) is 5.66. The molecule has 6 nitrogen and oxygen atoms in total. The fraction of sp³-hybridized carbons (Fsp3) is 0.190. The van der Waals surface area contributed by atoms with Gasteiger partial charge in [0.1, 0.15) is 5.75 Å². The largest absolute Gasteiger partial charge is 0.494 e. The first kappa shape index (κ1) is 18.4. The second kappa shape index (κ2) is 8.31. The summed E-state index contributed by atoms with van der Waals surface area (Å²) in [6.07, 6.45) is 4.78. The van der Waals surface area contributed by atoms with Crippen LogP contribution >= 0.6 is 0 Å². The molecule has 0 spiro atoms. The van der Waals surface area contributed by atoms with Crippen LogP contribution < -0.4 is 10.2 Å². The van der Waals surface area contributed by atoms with E-state index >= 15 is 0 Å². The lowest BCUT2D eigenvalue weighted by Crippen LogP contribution is -2.17. The number of pyridine rings is 1. The summed E-state index contributed by atoms with van der Waals surface area (Å²) in [4.78, 5) is 15.9. The number of benzene rings is 1. The summed E-state index contributed by atoms with van der Waals surface area (Å²) in [5.74, 6) is 0.559. The number of hydrazone groups is 1. The van der Waals surface area contributed by atoms with Crippen molar-refractivity contribution in [1.82, 2.24) is 15.0 Å². The van der Waals surface area contributed by atoms with Crippen LogP contribution in [0.25, 0.3) is 5.69 Å². The smallest absolute Gasteiger partial charge is 0.272 e. The van der Waals surface area contributed by atoms with Crippen molar-refractivity contribution in [2.75, 3.05) is 6.61 Å². The lowest BCUT2D eigenvalue weighted by Gasteiger charge is -2.10. The van der Waals surface area contributed by atoms with Gasteiger partial charge in [0.05, 0.1) is 18.4 Å². The third-order valence-corrected chi connectivity index (χ3v) is 4.17. The fourth-order valence-corrected chi connectivity index (χ4v) is 2.90. The molecular formula is C21H22N4O2. The quantitative estimate of drug-likeness (QED) is 0.537. The molecule has 0 fully saturated rings. The van der Waals surface area contributed by atoms with Crippen molar-refractivity contribution in [3.8, 4) is 11.4 Å². The number of hydrogen-bond acceptors (Lipinski definition) is 4. The van der Waals surface area contributed by atoms with Crippen LogP contribution in [0.15, 0.2) is 60.0 Å². The van der Waals surface area contributed by atoms with E-state index in [2.05, 4.69) is 20.1 Å². The molecule has 0 saturated carbocycles. The number of rotatable bonds is 6. The van der Waals surface area contributed by atoms with Gasteiger partial charge in [0.15, 0.2) is 0 Å². The van der Waals surface area contributed by atoms with Crippen molar-refractivity contribution in [3.05, 3.63) is 77.4 Å². The predicted molar refractivity (Wildman–Crippen MR) is 106 cm³/mol. The number of aromatic nitrogens is 2. The van der Waals surface area contributed by atoms with E-state index in [9.17, 15) is 4.79 Å². The zero-order valence-electron chi connectivity index (χ0n) is 15.6. The molecule has 2 heterocycles. The lowest BCUT2D eigenvalue weighted by atomic mass is 10.2. The van der Waals surface area contributed by atoms with Crippen molar-refractivity contribution in [2.24, 2.45) is 5.10 Å². The zero-order valence-corrected chi connectivity index (χ0v) is 15.6. The summed E-state index contributed by atoms with van der Waals surface area (Å²) in [5, 5.41) is 4.08. The van der Waals surface area contributed by atoms with E-state index in [0.29, 0.717) is 12.2 Å². The number of ether oxygens (including phenoxy) is 1. The Morgan fingerprint density at radius 2 is 2.04 bits per heavy atom. The van der Waals surface area contributed by atoms with Gasteiger partial charge in [-0.2, -0.15) is 5.10 Å². The van der Waals surface area contributed by atoms with E-state index in [1.807, 2.05) is 51.1 Å². The minimum absolute atomic E-state index is 0.292. The monoisotopic (exact) mass is 362 g/mol. The van der Waals surface area contributed by atoms with Gasteiger partial charge in [-0.25, -0.2) is 5.43 Å². The van der Waals surface area contributed by atoms with E-state index in [-0.39, 0.29) is 5.91 Å². The number of carbonyl (C=O) groups excluding carboxylic acids is 1. The molecule has 0 atom stereocenters. The van der Waals surface area contributed by atoms with E-state index in [1.54, 1.807) is 24.5 Å². The summed E-state index contributed by atoms with van der Waals surface area (Å²) in [6, 6.07) is 13.4. The molecule has 0 aliphatic rings. The van der Waals surface area contributed by atoms with Gasteiger partial charge in [-0.1, -0.05) is 0 Å². The molecule has 3 rings (SSSR count). The van der Waals surface area contributed by atoms with Gasteiger partial charge in [0.2, 0.25) is 0 Å². The van der Waals surface area contributed by atoms with E-state index in [4.69, 9.17) is 4.74 Å². The van der Waals surface area contributed by atoms with Gasteiger partial charge >= 0.3 is 0 Å². The van der Waals surface area contributed by atoms with Crippen molar-refractivity contribution in [2.45, 2.75) is 20.8 Å². The molecular weight excluding hydrogens is 340 g/mol. The number of nitrogens with zero attached hydrogens (tertiary/aromatic N) is 3. The van der Waals surface area contributed by atoms with Crippen LogP contribution in [0.1, 0.15) is 34.2 Å². The molecule has 0 aliphatic carbocycles. The highest BCUT2D eigenvalue weighted by Crippen LogP contribution is 2.22. The Hall–Kier alpha value is -3.41. The Morgan fingerprint density at radius 3 is 2.70 bits per heavy atom. The van der Waals surface area contributed by atoms with Crippen molar-refractivity contribution in [3.63, 3.8) is 0 Å². The van der Waals surface area contributed by atoms with Crippen molar-refractivity contribution in [1.29, 1.82) is 0 Å². The molecule has 2 aromatic heterocycles. The van der Waals surface area contributed by atoms with Crippen LogP contribution in [0.5, 0.6) is 5.75 Å². The third kappa shape index (κ3) is 4.23. The second-order valence-electron chi connectivity index (χ2n) is 6.03. The Bertz CT molecular complexity index is 944. The molecule has 6 heteroatoms. The zero-order chi connectivity index (χ0) is 19.2. The van der Waals surface area contributed by atoms with E-state index < -0.39 is 0 Å². The summed E-state index contributed by atoms with van der Waals surface area (Å²) < 4.78 is 7.64. The van der Waals surface area contributed by atoms with Crippen molar-refractivity contribution >= 4 is 12.1 Å². The predicted octanol–water partition coefficient (Wildman–Crippen LogP) is 3.65. The number of hydrogen-bond donors (Lipinski definition) is 1. The summed E-state index contributed by atoms with van der Waals surface area (Å²) in [7, 11) is 0. The highest BCUT2D eigenvalue weighted by molar-refractivity contribution is 5.94. The van der Waals surface area contributed by atoms with Gasteiger partial charge in [-0.15, -0.1) is 0 Å². The Balaban J connectivity index is 1.76. The average molecular weight is 362 g/mol. The van der Waals surface area contributed by atoms with Crippen LogP contribution in [0, 0.1) is 13.8 Å². The fourth-order valence-electron chi connectivity index (χ4n) is 2.90. The van der Waals surface area contributed by atoms with Crippen LogP contribution in [0.2, 0.25) is 0 Å². The summed E-state index contributed by atoms with van der Waals surface area (Å²) in [6.45, 7) is 6.67. The van der Waals surface area contributed by atoms with Crippen molar-refractivity contribution < 1.29 is 9.53 Å². The van der Waals surface area contributed by atoms with Crippen LogP contribution in [0.4, 0.5) is 0 Å². The highest BCUT2D eigenvalue weighted by Gasteiger charge is 2.10. The maximum absolute atomic E-state index is 12.0. The van der Waals surface area contributed by atoms with Gasteiger partial charge in [0.25, 0.3) is 5.91 Å². The second-order valence-corrected chi connectivity index (χ2v) is 6.03. The van der Waals surface area contributed by atoms with Crippen LogP contribution in [0.3, 0.4) is 0 Å². The molecule has 0 bridgehead atoms. The topological polar surface area (TPSA) is 68.5 Å². The summed E-state index contributed by atoms with van der Waals surface area (Å²) >= 11 is 0. The molecule has 27 heavy (non-hydrogen) atoms.